The predicted octanol–water partition coefficient (Wildman–Crippen LogP) is 3.08. The molecule has 0 aliphatic rings. The normalized spacial score (nSPS) is 10.6. The quantitative estimate of drug-likeness (QED) is 0.877. The lowest BCUT2D eigenvalue weighted by molar-refractivity contribution is -0.116. The van der Waals surface area contributed by atoms with Crippen molar-refractivity contribution in [3.63, 3.8) is 0 Å². The number of benzene rings is 1. The summed E-state index contributed by atoms with van der Waals surface area (Å²) in [4.78, 5) is 11.7. The van der Waals surface area contributed by atoms with Crippen LogP contribution in [0.4, 0.5) is 5.69 Å². The molecule has 17 heavy (non-hydrogen) atoms. The van der Waals surface area contributed by atoms with Crippen LogP contribution >= 0.6 is 15.9 Å². The molecule has 2 N–H and O–H groups in total. The van der Waals surface area contributed by atoms with Crippen LogP contribution in [-0.2, 0) is 4.79 Å². The van der Waals surface area contributed by atoms with Crippen molar-refractivity contribution < 1.29 is 4.79 Å². The molecule has 94 valence electrons. The second-order valence-electron chi connectivity index (χ2n) is 4.32. The van der Waals surface area contributed by atoms with Gasteiger partial charge in [0.05, 0.1) is 0 Å². The Morgan fingerprint density at radius 3 is 2.76 bits per heavy atom. The number of amides is 1. The molecule has 4 heteroatoms. The maximum Gasteiger partial charge on any atom is 0.225 e. The second kappa shape index (κ2) is 6.77. The van der Waals surface area contributed by atoms with Gasteiger partial charge in [0, 0.05) is 29.2 Å². The Balaban J connectivity index is 2.48. The molecule has 0 aliphatic carbocycles. The highest BCUT2D eigenvalue weighted by atomic mass is 79.9. The van der Waals surface area contributed by atoms with Crippen molar-refractivity contribution in [1.82, 2.24) is 5.32 Å². The van der Waals surface area contributed by atoms with Crippen LogP contribution in [0.15, 0.2) is 22.7 Å². The van der Waals surface area contributed by atoms with E-state index in [-0.39, 0.29) is 5.91 Å². The Morgan fingerprint density at radius 1 is 1.41 bits per heavy atom. The molecule has 0 radical (unpaired) electrons. The van der Waals surface area contributed by atoms with Crippen LogP contribution in [0, 0.1) is 6.92 Å². The molecule has 3 nitrogen and oxygen atoms in total. The second-order valence-corrected chi connectivity index (χ2v) is 5.17. The molecule has 1 aromatic carbocycles. The van der Waals surface area contributed by atoms with Crippen LogP contribution in [-0.4, -0.2) is 18.5 Å². The van der Waals surface area contributed by atoms with Gasteiger partial charge in [-0.15, -0.1) is 0 Å². The fraction of sp³-hybridized carbons (Fsp3) is 0.462. The smallest absolute Gasteiger partial charge is 0.225 e. The Kier molecular flexibility index (Phi) is 5.65. The minimum Gasteiger partial charge on any atom is -0.326 e. The third-order valence-corrected chi connectivity index (χ3v) is 3.31. The average molecular weight is 299 g/mol. The molecule has 0 atom stereocenters. The number of rotatable bonds is 5. The molecule has 0 unspecified atom stereocenters. The molecule has 0 saturated heterocycles. The summed E-state index contributed by atoms with van der Waals surface area (Å²) in [6.07, 6.45) is 0.490. The number of halogens is 1. The van der Waals surface area contributed by atoms with Gasteiger partial charge in [0.15, 0.2) is 0 Å². The average Bonchev–Trinajstić information content (AvgIpc) is 2.24. The van der Waals surface area contributed by atoms with Gasteiger partial charge >= 0.3 is 0 Å². The highest BCUT2D eigenvalue weighted by Gasteiger charge is 2.06. The van der Waals surface area contributed by atoms with Crippen molar-refractivity contribution in [3.8, 4) is 0 Å². The van der Waals surface area contributed by atoms with Gasteiger partial charge in [0.2, 0.25) is 5.91 Å². The molecule has 1 rings (SSSR count). The van der Waals surface area contributed by atoms with Gasteiger partial charge < -0.3 is 10.6 Å². The van der Waals surface area contributed by atoms with Crippen LogP contribution in [0.2, 0.25) is 0 Å². The van der Waals surface area contributed by atoms with Gasteiger partial charge in [-0.2, -0.15) is 0 Å². The lowest BCUT2D eigenvalue weighted by Crippen LogP contribution is -2.27. The molecule has 0 spiro atoms. The summed E-state index contributed by atoms with van der Waals surface area (Å²) in [7, 11) is 0. The first-order valence-electron chi connectivity index (χ1n) is 5.79. The predicted molar refractivity (Wildman–Crippen MR) is 75.3 cm³/mol. The van der Waals surface area contributed by atoms with E-state index in [1.807, 2.05) is 25.1 Å². The van der Waals surface area contributed by atoms with Crippen LogP contribution < -0.4 is 10.6 Å². The molecule has 0 saturated carbocycles. The monoisotopic (exact) mass is 298 g/mol. The van der Waals surface area contributed by atoms with Crippen molar-refractivity contribution in [1.29, 1.82) is 0 Å². The highest BCUT2D eigenvalue weighted by molar-refractivity contribution is 9.10. The van der Waals surface area contributed by atoms with Gasteiger partial charge in [-0.1, -0.05) is 35.8 Å². The molecule has 0 aliphatic heterocycles. The zero-order valence-corrected chi connectivity index (χ0v) is 12.1. The topological polar surface area (TPSA) is 41.1 Å². The lowest BCUT2D eigenvalue weighted by atomic mass is 10.2. The third kappa shape index (κ3) is 4.88. The van der Waals surface area contributed by atoms with E-state index in [0.29, 0.717) is 19.0 Å². The maximum atomic E-state index is 11.7. The lowest BCUT2D eigenvalue weighted by Gasteiger charge is -2.11. The minimum absolute atomic E-state index is 0.0411. The fourth-order valence-electron chi connectivity index (χ4n) is 1.43. The molecule has 0 aromatic heterocycles. The number of nitrogens with one attached hydrogen (secondary N) is 2. The first-order valence-corrected chi connectivity index (χ1v) is 6.58. The Morgan fingerprint density at radius 2 is 2.12 bits per heavy atom. The van der Waals surface area contributed by atoms with Crippen LogP contribution in [0.25, 0.3) is 0 Å². The van der Waals surface area contributed by atoms with Crippen molar-refractivity contribution >= 4 is 27.5 Å². The molecule has 0 heterocycles. The van der Waals surface area contributed by atoms with Crippen molar-refractivity contribution in [2.45, 2.75) is 33.2 Å². The van der Waals surface area contributed by atoms with E-state index in [4.69, 9.17) is 0 Å². The highest BCUT2D eigenvalue weighted by Crippen LogP contribution is 2.23. The molecular formula is C13H19BrN2O. The van der Waals surface area contributed by atoms with E-state index in [9.17, 15) is 4.79 Å². The van der Waals surface area contributed by atoms with Crippen molar-refractivity contribution in [3.05, 3.63) is 28.2 Å². The van der Waals surface area contributed by atoms with Crippen molar-refractivity contribution in [2.24, 2.45) is 0 Å². The number of carbonyl (C=O) groups is 1. The summed E-state index contributed by atoms with van der Waals surface area (Å²) in [5, 5.41) is 6.13. The fourth-order valence-corrected chi connectivity index (χ4v) is 1.80. The first kappa shape index (κ1) is 14.2. The number of carbonyl (C=O) groups excluding carboxylic acids is 1. The first-order chi connectivity index (χ1) is 8.00. The van der Waals surface area contributed by atoms with Gasteiger partial charge in [0.25, 0.3) is 0 Å². The van der Waals surface area contributed by atoms with E-state index in [1.165, 1.54) is 0 Å². The zero-order chi connectivity index (χ0) is 12.8. The van der Waals surface area contributed by atoms with E-state index >= 15 is 0 Å². The van der Waals surface area contributed by atoms with E-state index in [2.05, 4.69) is 40.4 Å². The Hall–Kier alpha value is -0.870. The Bertz CT molecular complexity index is 391. The summed E-state index contributed by atoms with van der Waals surface area (Å²) in [5.41, 5.74) is 1.92. The maximum absolute atomic E-state index is 11.7. The zero-order valence-electron chi connectivity index (χ0n) is 10.5. The van der Waals surface area contributed by atoms with Crippen LogP contribution in [0.1, 0.15) is 25.8 Å². The summed E-state index contributed by atoms with van der Waals surface area (Å²) in [5.74, 6) is 0.0411. The number of hydrogen-bond donors (Lipinski definition) is 2. The summed E-state index contributed by atoms with van der Waals surface area (Å²) < 4.78 is 1.01. The third-order valence-electron chi connectivity index (χ3n) is 2.45. The van der Waals surface area contributed by atoms with Gasteiger partial charge in [-0.05, 0) is 24.6 Å². The largest absolute Gasteiger partial charge is 0.326 e. The van der Waals surface area contributed by atoms with Crippen molar-refractivity contribution in [2.75, 3.05) is 11.9 Å². The minimum atomic E-state index is 0.0411. The van der Waals surface area contributed by atoms with Gasteiger partial charge in [-0.3, -0.25) is 4.79 Å². The molecule has 1 aromatic rings. The van der Waals surface area contributed by atoms with Gasteiger partial charge in [0.1, 0.15) is 0 Å². The van der Waals surface area contributed by atoms with E-state index in [0.717, 1.165) is 15.7 Å². The van der Waals surface area contributed by atoms with E-state index < -0.39 is 0 Å². The van der Waals surface area contributed by atoms with Crippen LogP contribution in [0.5, 0.6) is 0 Å². The molecule has 0 fully saturated rings. The summed E-state index contributed by atoms with van der Waals surface area (Å²) in [6, 6.07) is 6.20. The van der Waals surface area contributed by atoms with Crippen LogP contribution in [0.3, 0.4) is 0 Å². The molecule has 0 bridgehead atoms. The molecule has 1 amide bonds. The number of anilines is 1. The standard InChI is InChI=1S/C13H19BrN2O/c1-9(2)15-8-7-13(17)16-12-6-4-5-11(14)10(12)3/h4-6,9,15H,7-8H2,1-3H3,(H,16,17). The van der Waals surface area contributed by atoms with Gasteiger partial charge in [-0.25, -0.2) is 0 Å². The van der Waals surface area contributed by atoms with E-state index in [1.54, 1.807) is 0 Å². The SMILES string of the molecule is Cc1c(Br)cccc1NC(=O)CCNC(C)C. The number of hydrogen-bond acceptors (Lipinski definition) is 2. The summed E-state index contributed by atoms with van der Waals surface area (Å²) >= 11 is 3.44. The summed E-state index contributed by atoms with van der Waals surface area (Å²) in [6.45, 7) is 6.81. The Labute approximate surface area is 111 Å². The molecular weight excluding hydrogens is 280 g/mol.